The first-order valence-electron chi connectivity index (χ1n) is 7.19. The summed E-state index contributed by atoms with van der Waals surface area (Å²) >= 11 is 0. The Hall–Kier alpha value is -2.89. The zero-order valence-electron chi connectivity index (χ0n) is 12.7. The van der Waals surface area contributed by atoms with Crippen LogP contribution in [0.3, 0.4) is 0 Å². The monoisotopic (exact) mass is 330 g/mol. The molecule has 0 radical (unpaired) electrons. The summed E-state index contributed by atoms with van der Waals surface area (Å²) in [5, 5.41) is 2.58. The first kappa shape index (κ1) is 16.0. The lowest BCUT2D eigenvalue weighted by Crippen LogP contribution is -2.13. The average molecular weight is 330 g/mol. The van der Waals surface area contributed by atoms with Crippen molar-refractivity contribution in [1.82, 2.24) is 4.98 Å². The Kier molecular flexibility index (Phi) is 3.97. The normalized spacial score (nSPS) is 11.5. The minimum Gasteiger partial charge on any atom is -0.320 e. The van der Waals surface area contributed by atoms with Crippen LogP contribution in [0, 0.1) is 6.92 Å². The number of alkyl halides is 3. The Morgan fingerprint density at radius 1 is 1.04 bits per heavy atom. The highest BCUT2D eigenvalue weighted by Gasteiger charge is 2.33. The van der Waals surface area contributed by atoms with Crippen molar-refractivity contribution in [2.75, 3.05) is 5.32 Å². The fraction of sp³-hybridized carbons (Fsp3) is 0.111. The molecule has 0 fully saturated rings. The third-order valence-corrected chi connectivity index (χ3v) is 3.64. The van der Waals surface area contributed by atoms with Crippen molar-refractivity contribution in [2.24, 2.45) is 0 Å². The summed E-state index contributed by atoms with van der Waals surface area (Å²) in [7, 11) is 0. The summed E-state index contributed by atoms with van der Waals surface area (Å²) in [6, 6.07) is 11.8. The number of anilines is 1. The molecule has 3 nitrogen and oxygen atoms in total. The molecule has 0 atom stereocenters. The topological polar surface area (TPSA) is 42.0 Å². The van der Waals surface area contributed by atoms with Crippen LogP contribution >= 0.6 is 0 Å². The Morgan fingerprint density at radius 2 is 1.75 bits per heavy atom. The van der Waals surface area contributed by atoms with E-state index >= 15 is 0 Å². The molecule has 0 bridgehead atoms. The lowest BCUT2D eigenvalue weighted by Gasteiger charge is -2.13. The zero-order valence-corrected chi connectivity index (χ0v) is 12.7. The molecular formula is C18H13F3N2O. The number of rotatable bonds is 2. The number of carbonyl (C=O) groups is 1. The standard InChI is InChI=1S/C18H13F3N2O/c1-11-4-6-12(7-5-11)17(24)23-15-9-8-14(18(19,20)21)13-3-2-10-22-16(13)15/h2-10H,1H3,(H,23,24). The number of nitrogens with zero attached hydrogens (tertiary/aromatic N) is 1. The molecule has 0 aliphatic heterocycles. The number of aryl methyl sites for hydroxylation is 1. The maximum atomic E-state index is 13.1. The van der Waals surface area contributed by atoms with Crippen LogP contribution in [0.15, 0.2) is 54.7 Å². The molecule has 6 heteroatoms. The molecule has 2 aromatic carbocycles. The van der Waals surface area contributed by atoms with Gasteiger partial charge in [-0.3, -0.25) is 9.78 Å². The van der Waals surface area contributed by atoms with Gasteiger partial charge in [-0.1, -0.05) is 23.8 Å². The largest absolute Gasteiger partial charge is 0.417 e. The molecule has 1 amide bonds. The van der Waals surface area contributed by atoms with Gasteiger partial charge in [0.15, 0.2) is 0 Å². The lowest BCUT2D eigenvalue weighted by atomic mass is 10.1. The molecule has 0 saturated carbocycles. The van der Waals surface area contributed by atoms with Gasteiger partial charge in [-0.2, -0.15) is 13.2 Å². The van der Waals surface area contributed by atoms with Crippen molar-refractivity contribution < 1.29 is 18.0 Å². The first-order chi connectivity index (χ1) is 11.4. The smallest absolute Gasteiger partial charge is 0.320 e. The van der Waals surface area contributed by atoms with Gasteiger partial charge in [-0.15, -0.1) is 0 Å². The van der Waals surface area contributed by atoms with Gasteiger partial charge in [-0.05, 0) is 37.3 Å². The van der Waals surface area contributed by atoms with E-state index in [9.17, 15) is 18.0 Å². The highest BCUT2D eigenvalue weighted by Crippen LogP contribution is 2.36. The predicted molar refractivity (Wildman–Crippen MR) is 85.9 cm³/mol. The summed E-state index contributed by atoms with van der Waals surface area (Å²) in [6.45, 7) is 1.90. The number of hydrogen-bond donors (Lipinski definition) is 1. The van der Waals surface area contributed by atoms with Crippen molar-refractivity contribution in [3.63, 3.8) is 0 Å². The molecule has 3 aromatic rings. The Bertz CT molecular complexity index is 902. The van der Waals surface area contributed by atoms with E-state index in [0.717, 1.165) is 11.6 Å². The van der Waals surface area contributed by atoms with E-state index in [1.54, 1.807) is 24.3 Å². The van der Waals surface area contributed by atoms with E-state index in [-0.39, 0.29) is 16.6 Å². The summed E-state index contributed by atoms with van der Waals surface area (Å²) in [5.41, 5.74) is 0.994. The van der Waals surface area contributed by atoms with Gasteiger partial charge < -0.3 is 5.32 Å². The number of carbonyl (C=O) groups excluding carboxylic acids is 1. The van der Waals surface area contributed by atoms with Gasteiger partial charge in [0.1, 0.15) is 0 Å². The van der Waals surface area contributed by atoms with E-state index in [2.05, 4.69) is 10.3 Å². The van der Waals surface area contributed by atoms with Gasteiger partial charge >= 0.3 is 6.18 Å². The highest BCUT2D eigenvalue weighted by atomic mass is 19.4. The maximum Gasteiger partial charge on any atom is 0.417 e. The SMILES string of the molecule is Cc1ccc(C(=O)Nc2ccc(C(F)(F)F)c3cccnc23)cc1. The average Bonchev–Trinajstić information content (AvgIpc) is 2.54. The van der Waals surface area contributed by atoms with Gasteiger partial charge in [0, 0.05) is 17.1 Å². The van der Waals surface area contributed by atoms with E-state index in [4.69, 9.17) is 0 Å². The van der Waals surface area contributed by atoms with Gasteiger partial charge in [-0.25, -0.2) is 0 Å². The summed E-state index contributed by atoms with van der Waals surface area (Å²) in [4.78, 5) is 16.3. The lowest BCUT2D eigenvalue weighted by molar-refractivity contribution is -0.136. The number of nitrogens with one attached hydrogen (secondary N) is 1. The first-order valence-corrected chi connectivity index (χ1v) is 7.19. The quantitative estimate of drug-likeness (QED) is 0.732. The Balaban J connectivity index is 2.02. The maximum absolute atomic E-state index is 13.1. The minimum atomic E-state index is -4.49. The molecule has 0 aliphatic carbocycles. The molecule has 3 rings (SSSR count). The van der Waals surface area contributed by atoms with Gasteiger partial charge in [0.05, 0.1) is 16.8 Å². The number of aromatic nitrogens is 1. The summed E-state index contributed by atoms with van der Waals surface area (Å²) in [6.07, 6.45) is -3.09. The van der Waals surface area contributed by atoms with Gasteiger partial charge in [0.25, 0.3) is 5.91 Å². The van der Waals surface area contributed by atoms with Crippen LogP contribution in [0.2, 0.25) is 0 Å². The van der Waals surface area contributed by atoms with E-state index in [1.807, 2.05) is 6.92 Å². The number of amides is 1. The highest BCUT2D eigenvalue weighted by molar-refractivity contribution is 6.08. The van der Waals surface area contributed by atoms with Crippen LogP contribution in [0.1, 0.15) is 21.5 Å². The van der Waals surface area contributed by atoms with Gasteiger partial charge in [0.2, 0.25) is 0 Å². The van der Waals surface area contributed by atoms with Crippen LogP contribution in [0.5, 0.6) is 0 Å². The molecule has 0 spiro atoms. The molecule has 1 aromatic heterocycles. The number of pyridine rings is 1. The zero-order chi connectivity index (χ0) is 17.3. The number of benzene rings is 2. The number of hydrogen-bond acceptors (Lipinski definition) is 2. The van der Waals surface area contributed by atoms with Crippen molar-refractivity contribution in [3.05, 3.63) is 71.4 Å². The van der Waals surface area contributed by atoms with Crippen molar-refractivity contribution in [1.29, 1.82) is 0 Å². The fourth-order valence-electron chi connectivity index (χ4n) is 2.42. The number of fused-ring (bicyclic) bond motifs is 1. The second kappa shape index (κ2) is 5.96. The molecule has 0 saturated heterocycles. The van der Waals surface area contributed by atoms with Crippen molar-refractivity contribution in [2.45, 2.75) is 13.1 Å². The molecule has 0 aliphatic rings. The van der Waals surface area contributed by atoms with E-state index in [1.165, 1.54) is 24.4 Å². The summed E-state index contributed by atoms with van der Waals surface area (Å²) in [5.74, 6) is -0.401. The van der Waals surface area contributed by atoms with Crippen LogP contribution in [0.25, 0.3) is 10.9 Å². The second-order valence-corrected chi connectivity index (χ2v) is 5.38. The van der Waals surface area contributed by atoms with Crippen LogP contribution < -0.4 is 5.32 Å². The van der Waals surface area contributed by atoms with Crippen LogP contribution in [0.4, 0.5) is 18.9 Å². The Labute approximate surface area is 136 Å². The fourth-order valence-corrected chi connectivity index (χ4v) is 2.42. The Morgan fingerprint density at radius 3 is 2.42 bits per heavy atom. The van der Waals surface area contributed by atoms with Crippen molar-refractivity contribution in [3.8, 4) is 0 Å². The van der Waals surface area contributed by atoms with Crippen LogP contribution in [-0.4, -0.2) is 10.9 Å². The summed E-state index contributed by atoms with van der Waals surface area (Å²) < 4.78 is 39.3. The number of halogens is 3. The minimum absolute atomic E-state index is 0.0493. The predicted octanol–water partition coefficient (Wildman–Crippen LogP) is 4.81. The molecule has 1 N–H and O–H groups in total. The third kappa shape index (κ3) is 3.08. The molecule has 1 heterocycles. The molecule has 122 valence electrons. The third-order valence-electron chi connectivity index (χ3n) is 3.64. The van der Waals surface area contributed by atoms with E-state index < -0.39 is 17.6 Å². The second-order valence-electron chi connectivity index (χ2n) is 5.38. The molecule has 0 unspecified atom stereocenters. The van der Waals surface area contributed by atoms with E-state index in [0.29, 0.717) is 5.56 Å². The molecular weight excluding hydrogens is 317 g/mol. The molecule has 24 heavy (non-hydrogen) atoms. The van der Waals surface area contributed by atoms with Crippen LogP contribution in [-0.2, 0) is 6.18 Å². The van der Waals surface area contributed by atoms with Crippen molar-refractivity contribution >= 4 is 22.5 Å².